The maximum atomic E-state index is 12.6. The van der Waals surface area contributed by atoms with Gasteiger partial charge >= 0.3 is 0 Å². The van der Waals surface area contributed by atoms with Crippen LogP contribution in [0.3, 0.4) is 0 Å². The van der Waals surface area contributed by atoms with E-state index < -0.39 is 0 Å². The van der Waals surface area contributed by atoms with Gasteiger partial charge in [-0.3, -0.25) is 9.59 Å². The van der Waals surface area contributed by atoms with Gasteiger partial charge in [-0.05, 0) is 72.8 Å². The summed E-state index contributed by atoms with van der Waals surface area (Å²) in [5.74, 6) is 9.18. The molecular formula is C35H30ClN7O4S. The Kier molecular flexibility index (Phi) is 11.3. The van der Waals surface area contributed by atoms with E-state index in [1.165, 1.54) is 16.4 Å². The molecule has 0 atom stereocenters. The molecule has 4 aromatic carbocycles. The van der Waals surface area contributed by atoms with E-state index in [9.17, 15) is 9.59 Å². The van der Waals surface area contributed by atoms with Crippen LogP contribution >= 0.6 is 11.8 Å². The van der Waals surface area contributed by atoms with Gasteiger partial charge in [0.05, 0.1) is 5.75 Å². The van der Waals surface area contributed by atoms with Crippen molar-refractivity contribution in [2.45, 2.75) is 11.7 Å². The molecule has 0 aliphatic carbocycles. The smallest absolute Gasteiger partial charge is 0.290 e. The minimum absolute atomic E-state index is 0. The lowest BCUT2D eigenvalue weighted by molar-refractivity contribution is -0.684. The molecule has 0 unspecified atom stereocenters. The van der Waals surface area contributed by atoms with Crippen LogP contribution in [0.25, 0.3) is 11.4 Å². The molecule has 0 fully saturated rings. The Labute approximate surface area is 287 Å². The van der Waals surface area contributed by atoms with Crippen LogP contribution in [0.1, 0.15) is 0 Å². The monoisotopic (exact) mass is 679 g/mol. The number of hydrogen-bond acceptors (Lipinski definition) is 8. The summed E-state index contributed by atoms with van der Waals surface area (Å²) in [6.07, 6.45) is 3.52. The summed E-state index contributed by atoms with van der Waals surface area (Å²) in [7, 11) is 0. The van der Waals surface area contributed by atoms with Crippen molar-refractivity contribution in [1.82, 2.24) is 14.9 Å². The number of nitrogen functional groups attached to an aromatic ring is 1. The molecule has 2 aromatic heterocycles. The molecule has 0 aliphatic heterocycles. The first kappa shape index (κ1) is 33.5. The summed E-state index contributed by atoms with van der Waals surface area (Å²) in [6, 6.07) is 36.8. The Bertz CT molecular complexity index is 1940. The third-order valence-electron chi connectivity index (χ3n) is 6.71. The Morgan fingerprint density at radius 2 is 1.15 bits per heavy atom. The number of benzene rings is 4. The van der Waals surface area contributed by atoms with E-state index in [4.69, 9.17) is 15.3 Å². The Morgan fingerprint density at radius 3 is 1.67 bits per heavy atom. The molecule has 0 saturated carbocycles. The van der Waals surface area contributed by atoms with Crippen LogP contribution in [-0.2, 0) is 16.1 Å². The molecule has 0 radical (unpaired) electrons. The molecule has 2 heterocycles. The van der Waals surface area contributed by atoms with Crippen LogP contribution in [0.15, 0.2) is 139 Å². The summed E-state index contributed by atoms with van der Waals surface area (Å²) in [6.45, 7) is 0.108. The van der Waals surface area contributed by atoms with Gasteiger partial charge in [0.15, 0.2) is 18.2 Å². The van der Waals surface area contributed by atoms with Crippen molar-refractivity contribution >= 4 is 35.0 Å². The molecule has 11 nitrogen and oxygen atoms in total. The lowest BCUT2D eigenvalue weighted by atomic mass is 10.2. The Morgan fingerprint density at radius 1 is 0.667 bits per heavy atom. The van der Waals surface area contributed by atoms with E-state index in [0.717, 1.165) is 11.5 Å². The van der Waals surface area contributed by atoms with E-state index in [-0.39, 0.29) is 36.5 Å². The van der Waals surface area contributed by atoms with Crippen LogP contribution in [-0.4, -0.2) is 32.4 Å². The largest absolute Gasteiger partial charge is 1.00 e. The maximum Gasteiger partial charge on any atom is 0.290 e. The second-order valence-electron chi connectivity index (χ2n) is 10.2. The third kappa shape index (κ3) is 9.12. The van der Waals surface area contributed by atoms with E-state index in [2.05, 4.69) is 20.8 Å². The first-order valence-electron chi connectivity index (χ1n) is 14.6. The molecule has 0 spiro atoms. The van der Waals surface area contributed by atoms with E-state index >= 15 is 0 Å². The second-order valence-corrected chi connectivity index (χ2v) is 11.1. The zero-order valence-electron chi connectivity index (χ0n) is 25.4. The number of ether oxygens (including phenoxy) is 2. The van der Waals surface area contributed by atoms with Gasteiger partial charge in [0.1, 0.15) is 23.0 Å². The summed E-state index contributed by atoms with van der Waals surface area (Å²) in [5, 5.41) is 14.5. The predicted molar refractivity (Wildman–Crippen MR) is 180 cm³/mol. The van der Waals surface area contributed by atoms with Crippen LogP contribution in [0.2, 0.25) is 0 Å². The Balaban J connectivity index is 0.00000451. The van der Waals surface area contributed by atoms with Crippen LogP contribution < -0.4 is 42.9 Å². The van der Waals surface area contributed by atoms with Gasteiger partial charge in [-0.1, -0.05) is 48.2 Å². The highest BCUT2D eigenvalue weighted by Gasteiger charge is 2.16. The number of rotatable bonds is 12. The third-order valence-corrected chi connectivity index (χ3v) is 7.65. The molecule has 0 aliphatic rings. The van der Waals surface area contributed by atoms with Crippen molar-refractivity contribution in [3.05, 3.63) is 134 Å². The molecule has 13 heteroatoms. The number of para-hydroxylation sites is 2. The van der Waals surface area contributed by atoms with Crippen molar-refractivity contribution in [2.75, 3.05) is 22.2 Å². The quantitative estimate of drug-likeness (QED) is 0.102. The number of hydrogen-bond donors (Lipinski definition) is 3. The van der Waals surface area contributed by atoms with Gasteiger partial charge < -0.3 is 38.4 Å². The Hall–Kier alpha value is -5.85. The molecule has 4 N–H and O–H groups in total. The highest BCUT2D eigenvalue weighted by Crippen LogP contribution is 2.25. The molecule has 2 amide bonds. The zero-order valence-corrected chi connectivity index (χ0v) is 27.0. The fourth-order valence-electron chi connectivity index (χ4n) is 4.44. The van der Waals surface area contributed by atoms with Gasteiger partial charge in [0, 0.05) is 29.1 Å². The van der Waals surface area contributed by atoms with Crippen LogP contribution in [0, 0.1) is 0 Å². The van der Waals surface area contributed by atoms with Crippen LogP contribution in [0.4, 0.5) is 11.4 Å². The summed E-state index contributed by atoms with van der Waals surface area (Å²) < 4.78 is 14.7. The van der Waals surface area contributed by atoms with Gasteiger partial charge in [-0.2, -0.15) is 4.57 Å². The minimum Gasteiger partial charge on any atom is -1.00 e. The molecule has 6 aromatic rings. The van der Waals surface area contributed by atoms with Crippen LogP contribution in [0.5, 0.6) is 23.0 Å². The topological polar surface area (TPSA) is 137 Å². The van der Waals surface area contributed by atoms with E-state index in [0.29, 0.717) is 39.4 Å². The first-order chi connectivity index (χ1) is 23.0. The minimum atomic E-state index is -0.216. The van der Waals surface area contributed by atoms with E-state index in [1.807, 2.05) is 60.7 Å². The number of nitrogens with zero attached hydrogens (tertiary/aromatic N) is 4. The number of aromatic nitrogens is 4. The molecule has 48 heavy (non-hydrogen) atoms. The number of carbonyl (C=O) groups is 2. The normalized spacial score (nSPS) is 10.4. The number of pyridine rings is 1. The van der Waals surface area contributed by atoms with Crippen molar-refractivity contribution < 1.29 is 36.0 Å². The lowest BCUT2D eigenvalue weighted by Crippen LogP contribution is -3.00. The number of anilines is 2. The highest BCUT2D eigenvalue weighted by molar-refractivity contribution is 7.99. The van der Waals surface area contributed by atoms with Crippen molar-refractivity contribution in [2.24, 2.45) is 0 Å². The summed E-state index contributed by atoms with van der Waals surface area (Å²) >= 11 is 1.17. The maximum absolute atomic E-state index is 12.6. The number of nitrogens with two attached hydrogens (primary N) is 1. The number of amides is 2. The number of nitrogens with one attached hydrogen (secondary N) is 2. The fourth-order valence-corrected chi connectivity index (χ4v) is 5.10. The zero-order chi connectivity index (χ0) is 32.4. The fraction of sp³-hybridized carbons (Fsp3) is 0.0571. The average Bonchev–Trinajstić information content (AvgIpc) is 3.46. The first-order valence-corrected chi connectivity index (χ1v) is 15.6. The van der Waals surface area contributed by atoms with Crippen molar-refractivity contribution in [3.63, 3.8) is 0 Å². The number of halogens is 1. The SMILES string of the molecule is Nn1c(SCC(=O)Nc2ccc(Oc3ccccc3)cc2)nnc1-c1cc[n+](CC(=O)Nc2ccc(Oc3ccccc3)cc2)cc1.[Cl-]. The van der Waals surface area contributed by atoms with Gasteiger partial charge in [-0.15, -0.1) is 10.2 Å². The van der Waals surface area contributed by atoms with Gasteiger partial charge in [0.2, 0.25) is 17.6 Å². The van der Waals surface area contributed by atoms with Crippen molar-refractivity contribution in [3.8, 4) is 34.4 Å². The highest BCUT2D eigenvalue weighted by atomic mass is 35.5. The number of carbonyl (C=O) groups excluding carboxylic acids is 2. The lowest BCUT2D eigenvalue weighted by Gasteiger charge is -2.08. The second kappa shape index (κ2) is 16.1. The summed E-state index contributed by atoms with van der Waals surface area (Å²) in [5.41, 5.74) is 2.01. The average molecular weight is 680 g/mol. The molecule has 0 bridgehead atoms. The molecule has 0 saturated heterocycles. The molecule has 242 valence electrons. The van der Waals surface area contributed by atoms with E-state index in [1.54, 1.807) is 77.6 Å². The molecular weight excluding hydrogens is 650 g/mol. The summed E-state index contributed by atoms with van der Waals surface area (Å²) in [4.78, 5) is 25.2. The van der Waals surface area contributed by atoms with Crippen molar-refractivity contribution in [1.29, 1.82) is 0 Å². The number of thioether (sulfide) groups is 1. The van der Waals surface area contributed by atoms with Gasteiger partial charge in [-0.25, -0.2) is 4.68 Å². The standard InChI is InChI=1S/C35H29N7O4S.ClH/c36-42-34(39-40-35(42)47-24-33(44)38-27-13-17-31(18-14-27)46-29-9-5-2-6-10-29)25-19-21-41(22-20-25)23-32(43)37-26-11-15-30(16-12-26)45-28-7-3-1-4-8-28;/h1-22H,23-24H2,(H3-,36,37,38,39,43,44);1H. The predicted octanol–water partition coefficient (Wildman–Crippen LogP) is 2.90. The molecule has 6 rings (SSSR count). The van der Waals surface area contributed by atoms with Gasteiger partial charge in [0.25, 0.3) is 5.91 Å².